The molecule has 0 aliphatic heterocycles. The SMILES string of the molecule is CNc1nc(CSc2nc(C)co2)nc2sccc12. The van der Waals surface area contributed by atoms with Gasteiger partial charge in [0.2, 0.25) is 0 Å². The molecule has 0 saturated carbocycles. The van der Waals surface area contributed by atoms with E-state index in [1.807, 2.05) is 25.4 Å². The van der Waals surface area contributed by atoms with Crippen LogP contribution < -0.4 is 5.32 Å². The van der Waals surface area contributed by atoms with Crippen LogP contribution >= 0.6 is 23.1 Å². The maximum atomic E-state index is 5.30. The van der Waals surface area contributed by atoms with Gasteiger partial charge in [-0.15, -0.1) is 11.3 Å². The first-order valence-electron chi connectivity index (χ1n) is 5.73. The molecule has 3 rings (SSSR count). The second kappa shape index (κ2) is 5.18. The number of thiophene rings is 1. The molecule has 0 spiro atoms. The molecule has 3 aromatic heterocycles. The summed E-state index contributed by atoms with van der Waals surface area (Å²) in [6.45, 7) is 1.90. The van der Waals surface area contributed by atoms with Gasteiger partial charge in [-0.1, -0.05) is 11.8 Å². The molecule has 0 amide bonds. The van der Waals surface area contributed by atoms with Crippen LogP contribution in [0.5, 0.6) is 0 Å². The minimum absolute atomic E-state index is 0.641. The number of oxazole rings is 1. The number of aryl methyl sites for hydroxylation is 1. The first kappa shape index (κ1) is 12.4. The summed E-state index contributed by atoms with van der Waals surface area (Å²) in [5.74, 6) is 2.29. The van der Waals surface area contributed by atoms with E-state index >= 15 is 0 Å². The van der Waals surface area contributed by atoms with Crippen LogP contribution in [0.4, 0.5) is 5.82 Å². The Labute approximate surface area is 118 Å². The molecule has 0 saturated heterocycles. The summed E-state index contributed by atoms with van der Waals surface area (Å²) in [6, 6.07) is 2.03. The molecule has 0 bridgehead atoms. The highest BCUT2D eigenvalue weighted by atomic mass is 32.2. The number of fused-ring (bicyclic) bond motifs is 1. The van der Waals surface area contributed by atoms with Crippen molar-refractivity contribution in [1.82, 2.24) is 15.0 Å². The van der Waals surface area contributed by atoms with Gasteiger partial charge in [-0.3, -0.25) is 0 Å². The fourth-order valence-electron chi connectivity index (χ4n) is 1.68. The Morgan fingerprint density at radius 2 is 2.26 bits per heavy atom. The molecule has 0 atom stereocenters. The number of thioether (sulfide) groups is 1. The van der Waals surface area contributed by atoms with Crippen LogP contribution in [0.1, 0.15) is 11.5 Å². The molecule has 0 aromatic carbocycles. The zero-order valence-corrected chi connectivity index (χ0v) is 12.1. The van der Waals surface area contributed by atoms with E-state index in [0.717, 1.165) is 27.6 Å². The minimum Gasteiger partial charge on any atom is -0.440 e. The van der Waals surface area contributed by atoms with Gasteiger partial charge in [-0.05, 0) is 18.4 Å². The van der Waals surface area contributed by atoms with Crippen LogP contribution in [-0.4, -0.2) is 22.0 Å². The van der Waals surface area contributed by atoms with Crippen LogP contribution in [0, 0.1) is 6.92 Å². The van der Waals surface area contributed by atoms with Gasteiger partial charge < -0.3 is 9.73 Å². The highest BCUT2D eigenvalue weighted by molar-refractivity contribution is 7.98. The molecule has 7 heteroatoms. The normalized spacial score (nSPS) is 11.1. The van der Waals surface area contributed by atoms with E-state index in [4.69, 9.17) is 4.42 Å². The van der Waals surface area contributed by atoms with E-state index in [2.05, 4.69) is 20.3 Å². The van der Waals surface area contributed by atoms with Gasteiger partial charge in [0, 0.05) is 7.05 Å². The van der Waals surface area contributed by atoms with E-state index < -0.39 is 0 Å². The third-order valence-corrected chi connectivity index (χ3v) is 4.17. The molecule has 0 unspecified atom stereocenters. The van der Waals surface area contributed by atoms with Crippen LogP contribution in [0.2, 0.25) is 0 Å². The van der Waals surface area contributed by atoms with Gasteiger partial charge in [-0.2, -0.15) is 0 Å². The third-order valence-electron chi connectivity index (χ3n) is 2.53. The predicted octanol–water partition coefficient (Wildman–Crippen LogP) is 3.32. The van der Waals surface area contributed by atoms with Crippen molar-refractivity contribution in [2.75, 3.05) is 12.4 Å². The Hall–Kier alpha value is -1.60. The van der Waals surface area contributed by atoms with Crippen LogP contribution in [-0.2, 0) is 5.75 Å². The molecule has 0 aliphatic rings. The Kier molecular flexibility index (Phi) is 3.39. The lowest BCUT2D eigenvalue weighted by Gasteiger charge is -2.04. The quantitative estimate of drug-likeness (QED) is 0.744. The van der Waals surface area contributed by atoms with Gasteiger partial charge in [0.1, 0.15) is 22.7 Å². The van der Waals surface area contributed by atoms with Gasteiger partial charge in [0.15, 0.2) is 0 Å². The molecular formula is C12H12N4OS2. The van der Waals surface area contributed by atoms with Crippen molar-refractivity contribution in [2.45, 2.75) is 17.9 Å². The number of hydrogen-bond donors (Lipinski definition) is 1. The Morgan fingerprint density at radius 3 is 3.00 bits per heavy atom. The molecule has 19 heavy (non-hydrogen) atoms. The van der Waals surface area contributed by atoms with Gasteiger partial charge >= 0.3 is 0 Å². The minimum atomic E-state index is 0.641. The zero-order chi connectivity index (χ0) is 13.2. The maximum Gasteiger partial charge on any atom is 0.256 e. The lowest BCUT2D eigenvalue weighted by atomic mass is 10.4. The fourth-order valence-corrected chi connectivity index (χ4v) is 3.17. The van der Waals surface area contributed by atoms with Crippen molar-refractivity contribution in [3.8, 4) is 0 Å². The largest absolute Gasteiger partial charge is 0.440 e. The summed E-state index contributed by atoms with van der Waals surface area (Å²) in [6.07, 6.45) is 1.64. The summed E-state index contributed by atoms with van der Waals surface area (Å²) < 4.78 is 5.30. The molecule has 3 aromatic rings. The fraction of sp³-hybridized carbons (Fsp3) is 0.250. The van der Waals surface area contributed by atoms with E-state index in [0.29, 0.717) is 11.0 Å². The highest BCUT2D eigenvalue weighted by Gasteiger charge is 2.09. The van der Waals surface area contributed by atoms with Crippen molar-refractivity contribution in [2.24, 2.45) is 0 Å². The smallest absolute Gasteiger partial charge is 0.256 e. The molecule has 1 N–H and O–H groups in total. The summed E-state index contributed by atoms with van der Waals surface area (Å²) in [4.78, 5) is 14.3. The molecule has 0 fully saturated rings. The number of rotatable bonds is 4. The van der Waals surface area contributed by atoms with Crippen molar-refractivity contribution >= 4 is 39.1 Å². The van der Waals surface area contributed by atoms with E-state index in [1.54, 1.807) is 17.6 Å². The molecule has 0 radical (unpaired) electrons. The maximum absolute atomic E-state index is 5.30. The third kappa shape index (κ3) is 2.57. The van der Waals surface area contributed by atoms with E-state index in [1.165, 1.54) is 11.8 Å². The number of nitrogens with zero attached hydrogens (tertiary/aromatic N) is 3. The second-order valence-corrected chi connectivity index (χ2v) is 5.74. The van der Waals surface area contributed by atoms with Crippen molar-refractivity contribution in [3.05, 3.63) is 29.2 Å². The monoisotopic (exact) mass is 292 g/mol. The summed E-state index contributed by atoms with van der Waals surface area (Å²) in [7, 11) is 1.87. The van der Waals surface area contributed by atoms with Gasteiger partial charge in [0.05, 0.1) is 16.8 Å². The first-order valence-corrected chi connectivity index (χ1v) is 7.59. The van der Waals surface area contributed by atoms with Crippen molar-refractivity contribution < 1.29 is 4.42 Å². The first-order chi connectivity index (χ1) is 9.26. The topological polar surface area (TPSA) is 63.8 Å². The zero-order valence-electron chi connectivity index (χ0n) is 10.5. The second-order valence-electron chi connectivity index (χ2n) is 3.92. The average Bonchev–Trinajstić information content (AvgIpc) is 3.03. The van der Waals surface area contributed by atoms with Gasteiger partial charge in [-0.25, -0.2) is 15.0 Å². The summed E-state index contributed by atoms with van der Waals surface area (Å²) >= 11 is 3.12. The standard InChI is InChI=1S/C12H12N4OS2/c1-7-5-17-12(14-7)19-6-9-15-10(13-2)8-3-4-18-11(8)16-9/h3-5H,6H2,1-2H3,(H,13,15,16). The van der Waals surface area contributed by atoms with E-state index in [-0.39, 0.29) is 0 Å². The molecule has 98 valence electrons. The molecule has 3 heterocycles. The van der Waals surface area contributed by atoms with Crippen molar-refractivity contribution in [1.29, 1.82) is 0 Å². The number of anilines is 1. The number of hydrogen-bond acceptors (Lipinski definition) is 7. The van der Waals surface area contributed by atoms with Gasteiger partial charge in [0.25, 0.3) is 5.22 Å². The average molecular weight is 292 g/mol. The van der Waals surface area contributed by atoms with Crippen LogP contribution in [0.3, 0.4) is 0 Å². The summed E-state index contributed by atoms with van der Waals surface area (Å²) in [5.41, 5.74) is 0.882. The van der Waals surface area contributed by atoms with Crippen molar-refractivity contribution in [3.63, 3.8) is 0 Å². The lowest BCUT2D eigenvalue weighted by Crippen LogP contribution is -1.99. The number of aromatic nitrogens is 3. The highest BCUT2D eigenvalue weighted by Crippen LogP contribution is 2.27. The Bertz CT molecular complexity index is 707. The molecule has 5 nitrogen and oxygen atoms in total. The van der Waals surface area contributed by atoms with Crippen LogP contribution in [0.25, 0.3) is 10.2 Å². The lowest BCUT2D eigenvalue weighted by molar-refractivity contribution is 0.454. The Balaban J connectivity index is 1.84. The predicted molar refractivity (Wildman–Crippen MR) is 77.8 cm³/mol. The van der Waals surface area contributed by atoms with E-state index in [9.17, 15) is 0 Å². The van der Waals surface area contributed by atoms with Crippen LogP contribution in [0.15, 0.2) is 27.3 Å². The molecule has 0 aliphatic carbocycles. The number of nitrogens with one attached hydrogen (secondary N) is 1. The summed E-state index contributed by atoms with van der Waals surface area (Å²) in [5, 5.41) is 6.84. The Morgan fingerprint density at radius 1 is 1.37 bits per heavy atom. The molecular weight excluding hydrogens is 280 g/mol.